The summed E-state index contributed by atoms with van der Waals surface area (Å²) in [5.41, 5.74) is 0.871. The molecule has 204 valence electrons. The van der Waals surface area contributed by atoms with E-state index in [1.54, 1.807) is 26.2 Å². The SMILES string of the molecule is COc1cc(CCC(OC(=O)C2CCCCN2C(=O)CC(C)(C)C)C2C=CC=CC2)cc(OC)c1OC. The molecule has 37 heavy (non-hydrogen) atoms. The van der Waals surface area contributed by atoms with Gasteiger partial charge in [-0.1, -0.05) is 45.1 Å². The van der Waals surface area contributed by atoms with Crippen LogP contribution < -0.4 is 14.2 Å². The molecule has 7 nitrogen and oxygen atoms in total. The molecule has 3 rings (SSSR count). The smallest absolute Gasteiger partial charge is 0.329 e. The van der Waals surface area contributed by atoms with Crippen LogP contribution in [0.25, 0.3) is 0 Å². The molecule has 1 amide bonds. The maximum atomic E-state index is 13.5. The van der Waals surface area contributed by atoms with Gasteiger partial charge < -0.3 is 23.8 Å². The van der Waals surface area contributed by atoms with Crippen LogP contribution in [0.4, 0.5) is 0 Å². The van der Waals surface area contributed by atoms with E-state index in [-0.39, 0.29) is 29.3 Å². The van der Waals surface area contributed by atoms with Crippen molar-refractivity contribution in [3.8, 4) is 17.2 Å². The van der Waals surface area contributed by atoms with E-state index in [2.05, 4.69) is 12.2 Å². The Morgan fingerprint density at radius 2 is 1.73 bits per heavy atom. The van der Waals surface area contributed by atoms with Crippen LogP contribution in [-0.4, -0.2) is 56.8 Å². The molecule has 3 unspecified atom stereocenters. The number of allylic oxidation sites excluding steroid dienone is 3. The Morgan fingerprint density at radius 3 is 2.30 bits per heavy atom. The standard InChI is InChI=1S/C30H43NO6/c1-30(2,3)20-27(32)31-17-11-10-14-23(31)29(33)37-24(22-12-8-7-9-13-22)16-15-21-18-25(34-4)28(36-6)26(19-21)35-5/h7-9,12,18-19,22-24H,10-11,13-17,20H2,1-6H3. The average Bonchev–Trinajstić information content (AvgIpc) is 2.89. The van der Waals surface area contributed by atoms with E-state index < -0.39 is 6.04 Å². The molecule has 1 aromatic rings. The number of carbonyl (C=O) groups excluding carboxylic acids is 2. The Balaban J connectivity index is 1.77. The number of piperidine rings is 1. The highest BCUT2D eigenvalue weighted by Crippen LogP contribution is 2.39. The number of benzene rings is 1. The zero-order chi connectivity index (χ0) is 27.0. The lowest BCUT2D eigenvalue weighted by Crippen LogP contribution is -2.50. The van der Waals surface area contributed by atoms with Gasteiger partial charge in [-0.3, -0.25) is 4.79 Å². The van der Waals surface area contributed by atoms with Crippen LogP contribution in [0, 0.1) is 11.3 Å². The van der Waals surface area contributed by atoms with Gasteiger partial charge in [-0.15, -0.1) is 0 Å². The number of hydrogen-bond acceptors (Lipinski definition) is 6. The molecule has 7 heteroatoms. The van der Waals surface area contributed by atoms with Crippen molar-refractivity contribution in [2.24, 2.45) is 11.3 Å². The minimum Gasteiger partial charge on any atom is -0.493 e. The number of esters is 1. The van der Waals surface area contributed by atoms with Gasteiger partial charge in [0.15, 0.2) is 11.5 Å². The first-order valence-electron chi connectivity index (χ1n) is 13.3. The normalized spacial score (nSPS) is 20.3. The fourth-order valence-corrected chi connectivity index (χ4v) is 5.08. The predicted molar refractivity (Wildman–Crippen MR) is 144 cm³/mol. The average molecular weight is 514 g/mol. The molecule has 1 aromatic carbocycles. The minimum absolute atomic E-state index is 0.0311. The third-order valence-corrected chi connectivity index (χ3v) is 6.98. The maximum Gasteiger partial charge on any atom is 0.329 e. The van der Waals surface area contributed by atoms with E-state index in [0.717, 1.165) is 24.8 Å². The lowest BCUT2D eigenvalue weighted by Gasteiger charge is -2.37. The minimum atomic E-state index is -0.518. The van der Waals surface area contributed by atoms with Crippen molar-refractivity contribution in [1.29, 1.82) is 0 Å². The van der Waals surface area contributed by atoms with Crippen LogP contribution in [0.1, 0.15) is 64.9 Å². The van der Waals surface area contributed by atoms with Crippen LogP contribution in [0.5, 0.6) is 17.2 Å². The summed E-state index contributed by atoms with van der Waals surface area (Å²) >= 11 is 0. The van der Waals surface area contributed by atoms with Crippen molar-refractivity contribution in [3.05, 3.63) is 42.0 Å². The Labute approximate surface area is 221 Å². The summed E-state index contributed by atoms with van der Waals surface area (Å²) in [4.78, 5) is 28.3. The number of hydrogen-bond donors (Lipinski definition) is 0. The molecular weight excluding hydrogens is 470 g/mol. The van der Waals surface area contributed by atoms with Crippen molar-refractivity contribution in [2.45, 2.75) is 77.9 Å². The highest BCUT2D eigenvalue weighted by Gasteiger charge is 2.36. The molecule has 1 saturated heterocycles. The molecule has 1 aliphatic carbocycles. The largest absolute Gasteiger partial charge is 0.493 e. The summed E-state index contributed by atoms with van der Waals surface area (Å²) in [6.07, 6.45) is 12.9. The number of rotatable bonds is 10. The summed E-state index contributed by atoms with van der Waals surface area (Å²) in [6.45, 7) is 6.75. The fourth-order valence-electron chi connectivity index (χ4n) is 5.08. The van der Waals surface area contributed by atoms with Gasteiger partial charge in [0.2, 0.25) is 11.7 Å². The monoisotopic (exact) mass is 513 g/mol. The second-order valence-electron chi connectivity index (χ2n) is 11.1. The van der Waals surface area contributed by atoms with Crippen LogP contribution in [-0.2, 0) is 20.7 Å². The summed E-state index contributed by atoms with van der Waals surface area (Å²) < 4.78 is 22.7. The molecule has 0 saturated carbocycles. The van der Waals surface area contributed by atoms with Crippen molar-refractivity contribution in [2.75, 3.05) is 27.9 Å². The van der Waals surface area contributed by atoms with Crippen molar-refractivity contribution in [3.63, 3.8) is 0 Å². The number of ether oxygens (including phenoxy) is 4. The number of methoxy groups -OCH3 is 3. The highest BCUT2D eigenvalue weighted by molar-refractivity contribution is 5.85. The molecule has 2 aliphatic rings. The first-order valence-corrected chi connectivity index (χ1v) is 13.3. The topological polar surface area (TPSA) is 74.3 Å². The zero-order valence-electron chi connectivity index (χ0n) is 23.2. The molecule has 0 radical (unpaired) electrons. The third kappa shape index (κ3) is 7.76. The predicted octanol–water partition coefficient (Wildman–Crippen LogP) is 5.51. The van der Waals surface area contributed by atoms with E-state index in [1.165, 1.54) is 0 Å². The van der Waals surface area contributed by atoms with E-state index >= 15 is 0 Å². The fraction of sp³-hybridized carbons (Fsp3) is 0.600. The van der Waals surface area contributed by atoms with Gasteiger partial charge in [-0.2, -0.15) is 0 Å². The molecular formula is C30H43NO6. The molecule has 0 aromatic heterocycles. The quantitative estimate of drug-likeness (QED) is 0.384. The first kappa shape index (κ1) is 28.6. The summed E-state index contributed by atoms with van der Waals surface area (Å²) in [6, 6.07) is 3.35. The zero-order valence-corrected chi connectivity index (χ0v) is 23.2. The van der Waals surface area contributed by atoms with Crippen molar-refractivity contribution < 1.29 is 28.5 Å². The number of aryl methyl sites for hydroxylation is 1. The van der Waals surface area contributed by atoms with E-state index in [1.807, 2.05) is 45.1 Å². The van der Waals surface area contributed by atoms with Gasteiger partial charge in [0.1, 0.15) is 12.1 Å². The lowest BCUT2D eigenvalue weighted by molar-refractivity contribution is -0.164. The van der Waals surface area contributed by atoms with Gasteiger partial charge in [0, 0.05) is 18.9 Å². The van der Waals surface area contributed by atoms with Crippen molar-refractivity contribution in [1.82, 2.24) is 4.90 Å². The highest BCUT2D eigenvalue weighted by atomic mass is 16.5. The number of nitrogens with zero attached hydrogens (tertiary/aromatic N) is 1. The molecule has 0 bridgehead atoms. The van der Waals surface area contributed by atoms with E-state index in [9.17, 15) is 9.59 Å². The third-order valence-electron chi connectivity index (χ3n) is 6.98. The second kappa shape index (κ2) is 13.0. The Bertz CT molecular complexity index is 967. The molecule has 3 atom stereocenters. The van der Waals surface area contributed by atoms with Gasteiger partial charge in [0.05, 0.1) is 21.3 Å². The first-order chi connectivity index (χ1) is 17.7. The summed E-state index contributed by atoms with van der Waals surface area (Å²) in [5, 5.41) is 0. The van der Waals surface area contributed by atoms with Crippen LogP contribution >= 0.6 is 0 Å². The van der Waals surface area contributed by atoms with Gasteiger partial charge in [-0.25, -0.2) is 4.79 Å². The van der Waals surface area contributed by atoms with Gasteiger partial charge in [0.25, 0.3) is 0 Å². The second-order valence-corrected chi connectivity index (χ2v) is 11.1. The van der Waals surface area contributed by atoms with Gasteiger partial charge in [-0.05, 0) is 61.6 Å². The molecule has 0 N–H and O–H groups in total. The maximum absolute atomic E-state index is 13.5. The summed E-state index contributed by atoms with van der Waals surface area (Å²) in [5.74, 6) is 1.57. The number of amides is 1. The Kier molecular flexibility index (Phi) is 10.1. The number of carbonyl (C=O) groups is 2. The van der Waals surface area contributed by atoms with Crippen LogP contribution in [0.2, 0.25) is 0 Å². The number of likely N-dealkylation sites (tertiary alicyclic amines) is 1. The molecule has 0 spiro atoms. The Morgan fingerprint density at radius 1 is 1.03 bits per heavy atom. The van der Waals surface area contributed by atoms with Crippen LogP contribution in [0.15, 0.2) is 36.4 Å². The molecule has 1 aliphatic heterocycles. The lowest BCUT2D eigenvalue weighted by atomic mass is 9.90. The van der Waals surface area contributed by atoms with E-state index in [0.29, 0.717) is 49.5 Å². The van der Waals surface area contributed by atoms with Crippen molar-refractivity contribution >= 4 is 11.9 Å². The van der Waals surface area contributed by atoms with E-state index in [4.69, 9.17) is 18.9 Å². The Hall–Kier alpha value is -2.96. The molecule has 1 fully saturated rings. The van der Waals surface area contributed by atoms with Crippen LogP contribution in [0.3, 0.4) is 0 Å². The molecule has 1 heterocycles. The summed E-state index contributed by atoms with van der Waals surface area (Å²) in [7, 11) is 4.78. The van der Waals surface area contributed by atoms with Gasteiger partial charge >= 0.3 is 5.97 Å².